The maximum Gasteiger partial charge on any atom is 0.266 e. The number of rotatable bonds is 7. The Morgan fingerprint density at radius 2 is 2.03 bits per heavy atom. The summed E-state index contributed by atoms with van der Waals surface area (Å²) in [6.45, 7) is 4.71. The number of methoxy groups -OCH3 is 1. The smallest absolute Gasteiger partial charge is 0.266 e. The van der Waals surface area contributed by atoms with Gasteiger partial charge in [-0.15, -0.1) is 11.3 Å². The van der Waals surface area contributed by atoms with Crippen molar-refractivity contribution < 1.29 is 14.3 Å². The molecule has 2 heterocycles. The summed E-state index contributed by atoms with van der Waals surface area (Å²) in [5, 5.41) is 3.87. The molecule has 1 aromatic heterocycles. The molecular weight excluding hydrogens is 478 g/mol. The van der Waals surface area contributed by atoms with Gasteiger partial charge >= 0.3 is 0 Å². The molecule has 9 heteroatoms. The highest BCUT2D eigenvalue weighted by Crippen LogP contribution is 2.36. The molecule has 4 rings (SSSR count). The number of ether oxygens (including phenoxy) is 2. The molecule has 1 amide bonds. The zero-order valence-electron chi connectivity index (χ0n) is 18.4. The monoisotopic (exact) mass is 499 g/mol. The van der Waals surface area contributed by atoms with E-state index >= 15 is 0 Å². The van der Waals surface area contributed by atoms with Crippen LogP contribution in [0.15, 0.2) is 57.7 Å². The molecule has 0 bridgehead atoms. The Labute approximate surface area is 205 Å². The van der Waals surface area contributed by atoms with Crippen molar-refractivity contribution in [2.24, 2.45) is 4.99 Å². The first kappa shape index (κ1) is 23.4. The summed E-state index contributed by atoms with van der Waals surface area (Å²) >= 11 is 9.02. The number of thioether (sulfide) groups is 1. The van der Waals surface area contributed by atoms with Crippen molar-refractivity contribution in [3.05, 3.63) is 74.6 Å². The normalized spacial score (nSPS) is 16.1. The van der Waals surface area contributed by atoms with Gasteiger partial charge < -0.3 is 9.47 Å². The van der Waals surface area contributed by atoms with Gasteiger partial charge in [0.1, 0.15) is 6.61 Å². The fourth-order valence-electron chi connectivity index (χ4n) is 3.16. The molecular formula is C24H22ClN3O3S2. The number of aryl methyl sites for hydroxylation is 1. The van der Waals surface area contributed by atoms with Crippen LogP contribution in [0.3, 0.4) is 0 Å². The first-order chi connectivity index (χ1) is 16.0. The number of amides is 1. The van der Waals surface area contributed by atoms with Crippen LogP contribution in [0.4, 0.5) is 5.13 Å². The zero-order chi connectivity index (χ0) is 23.4. The molecule has 0 atom stereocenters. The average Bonchev–Trinajstić information content (AvgIpc) is 3.35. The molecule has 0 unspecified atom stereocenters. The number of hydrogen-bond acceptors (Lipinski definition) is 7. The maximum atomic E-state index is 12.9. The Balaban J connectivity index is 1.55. The Kier molecular flexibility index (Phi) is 7.37. The molecule has 0 saturated carbocycles. The molecule has 0 radical (unpaired) electrons. The minimum Gasteiger partial charge on any atom is -0.493 e. The predicted molar refractivity (Wildman–Crippen MR) is 136 cm³/mol. The molecule has 0 spiro atoms. The lowest BCUT2D eigenvalue weighted by molar-refractivity contribution is -0.122. The van der Waals surface area contributed by atoms with Gasteiger partial charge in [-0.05, 0) is 55.4 Å². The Morgan fingerprint density at radius 3 is 2.73 bits per heavy atom. The van der Waals surface area contributed by atoms with Crippen molar-refractivity contribution in [1.82, 2.24) is 9.88 Å². The van der Waals surface area contributed by atoms with E-state index in [0.29, 0.717) is 44.9 Å². The van der Waals surface area contributed by atoms with Crippen LogP contribution in [0.1, 0.15) is 23.7 Å². The van der Waals surface area contributed by atoms with Gasteiger partial charge in [-0.1, -0.05) is 35.9 Å². The van der Waals surface area contributed by atoms with E-state index in [-0.39, 0.29) is 5.91 Å². The summed E-state index contributed by atoms with van der Waals surface area (Å²) in [7, 11) is 1.59. The van der Waals surface area contributed by atoms with Gasteiger partial charge in [0, 0.05) is 22.5 Å². The highest BCUT2D eigenvalue weighted by Gasteiger charge is 2.32. The van der Waals surface area contributed by atoms with Crippen molar-refractivity contribution in [2.75, 3.05) is 13.7 Å². The molecule has 170 valence electrons. The van der Waals surface area contributed by atoms with Gasteiger partial charge in [0.15, 0.2) is 16.7 Å². The molecule has 3 aromatic rings. The number of aliphatic imine (C=N–C) groups is 1. The third kappa shape index (κ3) is 5.40. The molecule has 2 aromatic carbocycles. The van der Waals surface area contributed by atoms with E-state index in [0.717, 1.165) is 16.8 Å². The summed E-state index contributed by atoms with van der Waals surface area (Å²) in [6, 6.07) is 13.1. The summed E-state index contributed by atoms with van der Waals surface area (Å²) in [4.78, 5) is 24.1. The SMILES string of the molecule is CCN1C(=O)/C(=C/c2ccc(OCc3ccccc3Cl)c(OC)c2)S/C1=N/c1nc(C)cs1. The molecule has 6 nitrogen and oxygen atoms in total. The van der Waals surface area contributed by atoms with E-state index in [1.165, 1.54) is 23.1 Å². The number of nitrogens with zero attached hydrogens (tertiary/aromatic N) is 3. The fourth-order valence-corrected chi connectivity index (χ4v) is 5.12. The second-order valence-electron chi connectivity index (χ2n) is 7.12. The number of halogens is 1. The highest BCUT2D eigenvalue weighted by molar-refractivity contribution is 8.18. The van der Waals surface area contributed by atoms with Gasteiger partial charge in [0.2, 0.25) is 5.13 Å². The zero-order valence-corrected chi connectivity index (χ0v) is 20.8. The standard InChI is InChI=1S/C24H22ClN3O3S2/c1-4-28-22(29)21(33-24(28)27-23-26-15(2)14-32-23)12-16-9-10-19(20(11-16)30-3)31-13-17-7-5-6-8-18(17)25/h5-12,14H,4,13H2,1-3H3/b21-12-,27-24+. The number of aromatic nitrogens is 1. The molecule has 1 fully saturated rings. The second-order valence-corrected chi connectivity index (χ2v) is 9.37. The predicted octanol–water partition coefficient (Wildman–Crippen LogP) is 6.32. The number of carbonyl (C=O) groups is 1. The third-order valence-corrected chi connectivity index (χ3v) is 7.06. The van der Waals surface area contributed by atoms with Crippen LogP contribution in [0, 0.1) is 6.92 Å². The first-order valence-corrected chi connectivity index (χ1v) is 12.3. The number of thiazole rings is 1. The van der Waals surface area contributed by atoms with E-state index in [4.69, 9.17) is 21.1 Å². The van der Waals surface area contributed by atoms with Crippen molar-refractivity contribution >= 4 is 57.0 Å². The van der Waals surface area contributed by atoms with Crippen LogP contribution in [-0.4, -0.2) is 34.6 Å². The van der Waals surface area contributed by atoms with E-state index in [2.05, 4.69) is 9.98 Å². The van der Waals surface area contributed by atoms with Gasteiger partial charge in [0.25, 0.3) is 5.91 Å². The molecule has 1 saturated heterocycles. The van der Waals surface area contributed by atoms with Crippen molar-refractivity contribution in [3.8, 4) is 11.5 Å². The summed E-state index contributed by atoms with van der Waals surface area (Å²) < 4.78 is 11.4. The largest absolute Gasteiger partial charge is 0.493 e. The van der Waals surface area contributed by atoms with Crippen molar-refractivity contribution in [2.45, 2.75) is 20.5 Å². The number of hydrogen-bond donors (Lipinski definition) is 0. The fraction of sp³-hybridized carbons (Fsp3) is 0.208. The first-order valence-electron chi connectivity index (χ1n) is 10.2. The van der Waals surface area contributed by atoms with Crippen LogP contribution >= 0.6 is 34.7 Å². The minimum atomic E-state index is -0.0764. The Morgan fingerprint density at radius 1 is 1.21 bits per heavy atom. The highest BCUT2D eigenvalue weighted by atomic mass is 35.5. The summed E-state index contributed by atoms with van der Waals surface area (Å²) in [5.74, 6) is 1.10. The van der Waals surface area contributed by atoms with Crippen LogP contribution < -0.4 is 9.47 Å². The van der Waals surface area contributed by atoms with Gasteiger partial charge in [-0.3, -0.25) is 9.69 Å². The van der Waals surface area contributed by atoms with Crippen LogP contribution in [-0.2, 0) is 11.4 Å². The van der Waals surface area contributed by atoms with Crippen LogP contribution in [0.25, 0.3) is 6.08 Å². The molecule has 1 aliphatic rings. The number of benzene rings is 2. The van der Waals surface area contributed by atoms with Gasteiger partial charge in [-0.2, -0.15) is 4.99 Å². The van der Waals surface area contributed by atoms with Crippen molar-refractivity contribution in [1.29, 1.82) is 0 Å². The summed E-state index contributed by atoms with van der Waals surface area (Å²) in [5.41, 5.74) is 2.63. The minimum absolute atomic E-state index is 0.0764. The Bertz CT molecular complexity index is 1240. The van der Waals surface area contributed by atoms with Crippen LogP contribution in [0.5, 0.6) is 11.5 Å². The number of amidine groups is 1. The summed E-state index contributed by atoms with van der Waals surface area (Å²) in [6.07, 6.45) is 1.84. The molecule has 0 aliphatic carbocycles. The van der Waals surface area contributed by atoms with E-state index in [1.54, 1.807) is 12.0 Å². The lowest BCUT2D eigenvalue weighted by atomic mass is 10.1. The van der Waals surface area contributed by atoms with Crippen LogP contribution in [0.2, 0.25) is 5.02 Å². The van der Waals surface area contributed by atoms with Gasteiger partial charge in [-0.25, -0.2) is 4.98 Å². The lowest BCUT2D eigenvalue weighted by Crippen LogP contribution is -2.28. The van der Waals surface area contributed by atoms with E-state index in [9.17, 15) is 4.79 Å². The van der Waals surface area contributed by atoms with E-state index < -0.39 is 0 Å². The maximum absolute atomic E-state index is 12.9. The molecule has 0 N–H and O–H groups in total. The average molecular weight is 500 g/mol. The topological polar surface area (TPSA) is 64.0 Å². The third-order valence-electron chi connectivity index (χ3n) is 4.83. The van der Waals surface area contributed by atoms with E-state index in [1.807, 2.05) is 67.8 Å². The molecule has 33 heavy (non-hydrogen) atoms. The van der Waals surface area contributed by atoms with Gasteiger partial charge in [0.05, 0.1) is 17.7 Å². The Hall–Kier alpha value is -2.81. The van der Waals surface area contributed by atoms with Crippen molar-refractivity contribution in [3.63, 3.8) is 0 Å². The quantitative estimate of drug-likeness (QED) is 0.356. The molecule has 1 aliphatic heterocycles. The number of likely N-dealkylation sites (N-methyl/N-ethyl adjacent to an activating group) is 1. The number of carbonyl (C=O) groups excluding carboxylic acids is 1. The second kappa shape index (κ2) is 10.4. The lowest BCUT2D eigenvalue weighted by Gasteiger charge is -2.12.